The van der Waals surface area contributed by atoms with Crippen molar-refractivity contribution in [2.45, 2.75) is 24.9 Å². The summed E-state index contributed by atoms with van der Waals surface area (Å²) >= 11 is 6.94. The third-order valence-electron chi connectivity index (χ3n) is 2.89. The Labute approximate surface area is 142 Å². The van der Waals surface area contributed by atoms with Crippen LogP contribution in [0.15, 0.2) is 28.3 Å². The Hall–Kier alpha value is -1.99. The molecule has 1 heterocycles. The van der Waals surface area contributed by atoms with Gasteiger partial charge in [-0.15, -0.1) is 5.10 Å². The van der Waals surface area contributed by atoms with E-state index in [9.17, 15) is 9.90 Å². The molecule has 1 aromatic carbocycles. The van der Waals surface area contributed by atoms with Crippen LogP contribution in [-0.2, 0) is 11.2 Å². The van der Waals surface area contributed by atoms with E-state index in [4.69, 9.17) is 16.3 Å². The average Bonchev–Trinajstić information content (AvgIpc) is 2.94. The number of H-pyrrole nitrogens is 1. The number of hydrogen-bond acceptors (Lipinski definition) is 5. The maximum atomic E-state index is 11.5. The Morgan fingerprint density at radius 2 is 2.30 bits per heavy atom. The number of halogens is 1. The monoisotopic (exact) mass is 353 g/mol. The lowest BCUT2D eigenvalue weighted by atomic mass is 10.2. The van der Waals surface area contributed by atoms with Crippen molar-refractivity contribution in [1.29, 1.82) is 0 Å². The molecule has 2 N–H and O–H groups in total. The number of methoxy groups -OCH3 is 1. The summed E-state index contributed by atoms with van der Waals surface area (Å²) in [6.45, 7) is 2.03. The quantitative estimate of drug-likeness (QED) is 0.583. The van der Waals surface area contributed by atoms with Crippen molar-refractivity contribution in [3.8, 4) is 5.75 Å². The van der Waals surface area contributed by atoms with Crippen LogP contribution in [0.5, 0.6) is 5.75 Å². The number of aromatic amines is 1. The number of carboxylic acids is 1. The number of benzene rings is 1. The summed E-state index contributed by atoms with van der Waals surface area (Å²) in [5, 5.41) is 17.1. The summed E-state index contributed by atoms with van der Waals surface area (Å²) in [7, 11) is 1.51. The van der Waals surface area contributed by atoms with Gasteiger partial charge in [-0.2, -0.15) is 0 Å². The standard InChI is InChI=1S/C15H16ClN3O3S/c1-3-4-13-17-15(19-18-13)23-12(14(20)21)8-9-7-10(16)5-6-11(9)22-2/h5-8H,3-4H2,1-2H3,(H,20,21)(H,17,18,19)/b12-8-. The van der Waals surface area contributed by atoms with Crippen molar-refractivity contribution in [3.63, 3.8) is 0 Å². The normalized spacial score (nSPS) is 11.5. The molecule has 0 aliphatic carbocycles. The maximum absolute atomic E-state index is 11.5. The largest absolute Gasteiger partial charge is 0.496 e. The van der Waals surface area contributed by atoms with Crippen LogP contribution in [0, 0.1) is 0 Å². The third-order valence-corrected chi connectivity index (χ3v) is 4.00. The fraction of sp³-hybridized carbons (Fsp3) is 0.267. The molecule has 8 heteroatoms. The summed E-state index contributed by atoms with van der Waals surface area (Å²) in [5.74, 6) is 0.203. The minimum atomic E-state index is -1.07. The third kappa shape index (κ3) is 4.74. The van der Waals surface area contributed by atoms with Gasteiger partial charge in [0, 0.05) is 17.0 Å². The lowest BCUT2D eigenvalue weighted by molar-refractivity contribution is -0.131. The molecule has 0 unspecified atom stereocenters. The first-order chi connectivity index (χ1) is 11.0. The van der Waals surface area contributed by atoms with E-state index >= 15 is 0 Å². The van der Waals surface area contributed by atoms with Gasteiger partial charge in [-0.3, -0.25) is 5.10 Å². The fourth-order valence-corrected chi connectivity index (χ4v) is 2.76. The molecule has 1 aromatic heterocycles. The van der Waals surface area contributed by atoms with E-state index in [1.54, 1.807) is 18.2 Å². The zero-order chi connectivity index (χ0) is 16.8. The van der Waals surface area contributed by atoms with Gasteiger partial charge in [-0.25, -0.2) is 9.78 Å². The van der Waals surface area contributed by atoms with Gasteiger partial charge in [0.15, 0.2) is 0 Å². The molecule has 0 radical (unpaired) electrons. The lowest BCUT2D eigenvalue weighted by Crippen LogP contribution is -1.98. The number of carboxylic acid groups (broad SMARTS) is 1. The van der Waals surface area contributed by atoms with E-state index in [0.29, 0.717) is 21.5 Å². The number of aliphatic carboxylic acids is 1. The topological polar surface area (TPSA) is 88.1 Å². The number of nitrogens with one attached hydrogen (secondary N) is 1. The van der Waals surface area contributed by atoms with Crippen LogP contribution in [0.25, 0.3) is 6.08 Å². The van der Waals surface area contributed by atoms with Crippen LogP contribution >= 0.6 is 23.4 Å². The number of thioether (sulfide) groups is 1. The zero-order valence-electron chi connectivity index (χ0n) is 12.7. The van der Waals surface area contributed by atoms with E-state index in [1.807, 2.05) is 6.92 Å². The van der Waals surface area contributed by atoms with Gasteiger partial charge in [0.05, 0.1) is 7.11 Å². The van der Waals surface area contributed by atoms with Gasteiger partial charge in [0.2, 0.25) is 5.16 Å². The van der Waals surface area contributed by atoms with Crippen LogP contribution in [0.3, 0.4) is 0 Å². The highest BCUT2D eigenvalue weighted by Gasteiger charge is 2.15. The molecule has 0 aliphatic rings. The Bertz CT molecular complexity index is 731. The van der Waals surface area contributed by atoms with E-state index in [2.05, 4.69) is 15.2 Å². The van der Waals surface area contributed by atoms with E-state index in [1.165, 1.54) is 13.2 Å². The molecule has 0 fully saturated rings. The second-order valence-electron chi connectivity index (χ2n) is 4.62. The fourth-order valence-electron chi connectivity index (χ4n) is 1.86. The molecule has 0 saturated heterocycles. The Morgan fingerprint density at radius 1 is 1.52 bits per heavy atom. The van der Waals surface area contributed by atoms with Crippen molar-refractivity contribution in [3.05, 3.63) is 39.5 Å². The Kier molecular flexibility index (Phi) is 6.06. The minimum Gasteiger partial charge on any atom is -0.496 e. The van der Waals surface area contributed by atoms with Gasteiger partial charge < -0.3 is 9.84 Å². The van der Waals surface area contributed by atoms with E-state index in [-0.39, 0.29) is 4.91 Å². The molecular formula is C15H16ClN3O3S. The molecule has 0 aliphatic heterocycles. The molecular weight excluding hydrogens is 338 g/mol. The minimum absolute atomic E-state index is 0.0765. The van der Waals surface area contributed by atoms with Crippen LogP contribution in [-0.4, -0.2) is 33.4 Å². The first kappa shape index (κ1) is 17.4. The van der Waals surface area contributed by atoms with Crippen LogP contribution < -0.4 is 4.74 Å². The number of rotatable bonds is 7. The van der Waals surface area contributed by atoms with Crippen LogP contribution in [0.4, 0.5) is 0 Å². The smallest absolute Gasteiger partial charge is 0.342 e. The number of carbonyl (C=O) groups is 1. The molecule has 2 aromatic rings. The lowest BCUT2D eigenvalue weighted by Gasteiger charge is -2.06. The Balaban J connectivity index is 2.30. The average molecular weight is 354 g/mol. The second-order valence-corrected chi connectivity index (χ2v) is 6.06. The number of nitrogens with zero attached hydrogens (tertiary/aromatic N) is 2. The van der Waals surface area contributed by atoms with Crippen molar-refractivity contribution in [2.75, 3.05) is 7.11 Å². The van der Waals surface area contributed by atoms with Gasteiger partial charge in [0.1, 0.15) is 16.5 Å². The highest BCUT2D eigenvalue weighted by atomic mass is 35.5. The van der Waals surface area contributed by atoms with Gasteiger partial charge in [0.25, 0.3) is 0 Å². The molecule has 0 saturated carbocycles. The predicted molar refractivity (Wildman–Crippen MR) is 89.9 cm³/mol. The number of aromatic nitrogens is 3. The Morgan fingerprint density at radius 3 is 2.96 bits per heavy atom. The van der Waals surface area contributed by atoms with Gasteiger partial charge in [-0.05, 0) is 42.5 Å². The highest BCUT2D eigenvalue weighted by molar-refractivity contribution is 8.04. The molecule has 0 atom stereocenters. The summed E-state index contributed by atoms with van der Waals surface area (Å²) in [6.07, 6.45) is 3.19. The SMILES string of the molecule is CCCc1nc(S/C(=C\c2cc(Cl)ccc2OC)C(=O)O)n[nH]1. The highest BCUT2D eigenvalue weighted by Crippen LogP contribution is 2.30. The summed E-state index contributed by atoms with van der Waals surface area (Å²) < 4.78 is 5.22. The summed E-state index contributed by atoms with van der Waals surface area (Å²) in [6, 6.07) is 5.01. The van der Waals surface area contributed by atoms with Crippen LogP contribution in [0.2, 0.25) is 5.02 Å². The first-order valence-corrected chi connectivity index (χ1v) is 8.10. The number of ether oxygens (including phenoxy) is 1. The van der Waals surface area contributed by atoms with Crippen molar-refractivity contribution in [2.24, 2.45) is 0 Å². The van der Waals surface area contributed by atoms with Gasteiger partial charge >= 0.3 is 5.97 Å². The summed E-state index contributed by atoms with van der Waals surface area (Å²) in [5.41, 5.74) is 0.578. The molecule has 23 heavy (non-hydrogen) atoms. The molecule has 122 valence electrons. The molecule has 0 spiro atoms. The first-order valence-electron chi connectivity index (χ1n) is 6.91. The summed E-state index contributed by atoms with van der Waals surface area (Å²) in [4.78, 5) is 15.8. The van der Waals surface area contributed by atoms with E-state index in [0.717, 1.165) is 30.4 Å². The second kappa shape index (κ2) is 8.03. The number of hydrogen-bond donors (Lipinski definition) is 2. The molecule has 0 amide bonds. The predicted octanol–water partition coefficient (Wildman–Crippen LogP) is 3.64. The zero-order valence-corrected chi connectivity index (χ0v) is 14.2. The molecule has 6 nitrogen and oxygen atoms in total. The van der Waals surface area contributed by atoms with Crippen molar-refractivity contribution < 1.29 is 14.6 Å². The van der Waals surface area contributed by atoms with Crippen molar-refractivity contribution in [1.82, 2.24) is 15.2 Å². The molecule has 0 bridgehead atoms. The van der Waals surface area contributed by atoms with Crippen molar-refractivity contribution >= 4 is 35.4 Å². The number of aryl methyl sites for hydroxylation is 1. The van der Waals surface area contributed by atoms with Gasteiger partial charge in [-0.1, -0.05) is 18.5 Å². The van der Waals surface area contributed by atoms with Crippen LogP contribution in [0.1, 0.15) is 24.7 Å². The van der Waals surface area contributed by atoms with E-state index < -0.39 is 5.97 Å². The molecule has 2 rings (SSSR count). The maximum Gasteiger partial charge on any atom is 0.342 e.